The highest BCUT2D eigenvalue weighted by Crippen LogP contribution is 2.23. The Bertz CT molecular complexity index is 1310. The van der Waals surface area contributed by atoms with Gasteiger partial charge < -0.3 is 10.6 Å². The number of anilines is 3. The van der Waals surface area contributed by atoms with Crippen LogP contribution in [0.15, 0.2) is 71.6 Å². The average molecular weight is 470 g/mol. The van der Waals surface area contributed by atoms with E-state index in [2.05, 4.69) is 15.4 Å². The highest BCUT2D eigenvalue weighted by molar-refractivity contribution is 7.92. The van der Waals surface area contributed by atoms with Gasteiger partial charge in [-0.25, -0.2) is 12.8 Å². The highest BCUT2D eigenvalue weighted by Gasteiger charge is 2.18. The minimum absolute atomic E-state index is 0.0995. The van der Waals surface area contributed by atoms with Crippen molar-refractivity contribution >= 4 is 38.9 Å². The highest BCUT2D eigenvalue weighted by atomic mass is 32.2. The number of nitrogens with one attached hydrogen (secondary N) is 3. The molecule has 9 heteroatoms. The molecule has 3 aromatic rings. The summed E-state index contributed by atoms with van der Waals surface area (Å²) >= 11 is 0. The molecule has 7 nitrogen and oxygen atoms in total. The van der Waals surface area contributed by atoms with Crippen LogP contribution in [0, 0.1) is 18.7 Å². The third-order valence-corrected chi connectivity index (χ3v) is 6.17. The first-order chi connectivity index (χ1) is 15.6. The van der Waals surface area contributed by atoms with Crippen molar-refractivity contribution in [3.05, 3.63) is 83.7 Å². The Labute approximate surface area is 192 Å². The average Bonchev–Trinajstić information content (AvgIpc) is 2.77. The second kappa shape index (κ2) is 9.83. The lowest BCUT2D eigenvalue weighted by Crippen LogP contribution is -2.18. The number of halogens is 1. The van der Waals surface area contributed by atoms with Gasteiger partial charge in [0.15, 0.2) is 0 Å². The Morgan fingerprint density at radius 1 is 0.879 bits per heavy atom. The van der Waals surface area contributed by atoms with Gasteiger partial charge >= 0.3 is 0 Å². The lowest BCUT2D eigenvalue weighted by Gasteiger charge is -2.13. The summed E-state index contributed by atoms with van der Waals surface area (Å²) in [4.78, 5) is 24.6. The summed E-state index contributed by atoms with van der Waals surface area (Å²) in [6.07, 6.45) is 0. The van der Waals surface area contributed by atoms with Gasteiger partial charge in [-0.15, -0.1) is 0 Å². The maximum atomic E-state index is 13.9. The SMILES string of the molecule is Cc1ccc(NC(=O)C(C)C)cc1NC(=O)c1cccc(S(=O)(=O)Nc2ccccc2F)c1. The summed E-state index contributed by atoms with van der Waals surface area (Å²) in [5.41, 5.74) is 1.67. The summed E-state index contributed by atoms with van der Waals surface area (Å²) in [6, 6.07) is 15.9. The van der Waals surface area contributed by atoms with Crippen molar-refractivity contribution in [2.24, 2.45) is 5.92 Å². The topological polar surface area (TPSA) is 104 Å². The second-order valence-electron chi connectivity index (χ2n) is 7.74. The number of rotatable bonds is 7. The Morgan fingerprint density at radius 3 is 2.30 bits per heavy atom. The molecule has 172 valence electrons. The molecule has 0 bridgehead atoms. The van der Waals surface area contributed by atoms with Crippen LogP contribution in [0.25, 0.3) is 0 Å². The predicted octanol–water partition coefficient (Wildman–Crippen LogP) is 4.78. The first-order valence-electron chi connectivity index (χ1n) is 10.2. The first kappa shape index (κ1) is 23.9. The fraction of sp³-hybridized carbons (Fsp3) is 0.167. The zero-order valence-corrected chi connectivity index (χ0v) is 19.2. The molecule has 0 unspecified atom stereocenters. The van der Waals surface area contributed by atoms with Crippen LogP contribution in [0.1, 0.15) is 29.8 Å². The molecule has 0 atom stereocenters. The van der Waals surface area contributed by atoms with E-state index < -0.39 is 21.7 Å². The smallest absolute Gasteiger partial charge is 0.262 e. The van der Waals surface area contributed by atoms with Crippen LogP contribution in [0.4, 0.5) is 21.5 Å². The van der Waals surface area contributed by atoms with E-state index in [4.69, 9.17) is 0 Å². The lowest BCUT2D eigenvalue weighted by molar-refractivity contribution is -0.118. The summed E-state index contributed by atoms with van der Waals surface area (Å²) in [5, 5.41) is 5.51. The van der Waals surface area contributed by atoms with Crippen LogP contribution >= 0.6 is 0 Å². The van der Waals surface area contributed by atoms with Gasteiger partial charge in [0, 0.05) is 22.9 Å². The lowest BCUT2D eigenvalue weighted by atomic mass is 10.1. The van der Waals surface area contributed by atoms with Gasteiger partial charge in [-0.3, -0.25) is 14.3 Å². The maximum absolute atomic E-state index is 13.9. The summed E-state index contributed by atoms with van der Waals surface area (Å²) < 4.78 is 41.4. The Kier molecular flexibility index (Phi) is 7.13. The molecule has 3 aromatic carbocycles. The Morgan fingerprint density at radius 2 is 1.61 bits per heavy atom. The number of aryl methyl sites for hydroxylation is 1. The van der Waals surface area contributed by atoms with Gasteiger partial charge in [-0.2, -0.15) is 0 Å². The van der Waals surface area contributed by atoms with Gasteiger partial charge in [-0.05, 0) is 55.0 Å². The van der Waals surface area contributed by atoms with E-state index in [1.807, 2.05) is 0 Å². The van der Waals surface area contributed by atoms with Gasteiger partial charge in [0.1, 0.15) is 5.82 Å². The number of hydrogen-bond donors (Lipinski definition) is 3. The number of carbonyl (C=O) groups excluding carboxylic acids is 2. The quantitative estimate of drug-likeness (QED) is 0.463. The molecule has 33 heavy (non-hydrogen) atoms. The molecule has 0 fully saturated rings. The molecule has 0 saturated carbocycles. The third-order valence-electron chi connectivity index (χ3n) is 4.80. The maximum Gasteiger partial charge on any atom is 0.262 e. The van der Waals surface area contributed by atoms with Crippen LogP contribution in [0.3, 0.4) is 0 Å². The van der Waals surface area contributed by atoms with Crippen molar-refractivity contribution in [2.75, 3.05) is 15.4 Å². The molecule has 0 radical (unpaired) electrons. The molecule has 0 heterocycles. The van der Waals surface area contributed by atoms with Crippen molar-refractivity contribution in [1.82, 2.24) is 0 Å². The Hall–Kier alpha value is -3.72. The van der Waals surface area contributed by atoms with Crippen LogP contribution < -0.4 is 15.4 Å². The number of carbonyl (C=O) groups is 2. The van der Waals surface area contributed by atoms with Gasteiger partial charge in [0.05, 0.1) is 10.6 Å². The van der Waals surface area contributed by atoms with Gasteiger partial charge in [0.2, 0.25) is 5.91 Å². The van der Waals surface area contributed by atoms with Crippen LogP contribution in [0.5, 0.6) is 0 Å². The normalized spacial score (nSPS) is 11.2. The molecule has 3 N–H and O–H groups in total. The van der Waals surface area contributed by atoms with Crippen LogP contribution in [-0.2, 0) is 14.8 Å². The summed E-state index contributed by atoms with van der Waals surface area (Å²) in [5.74, 6) is -1.60. The molecule has 0 aromatic heterocycles. The zero-order valence-electron chi connectivity index (χ0n) is 18.3. The molecule has 2 amide bonds. The fourth-order valence-electron chi connectivity index (χ4n) is 2.87. The predicted molar refractivity (Wildman–Crippen MR) is 126 cm³/mol. The van der Waals surface area contributed by atoms with E-state index in [9.17, 15) is 22.4 Å². The number of hydrogen-bond acceptors (Lipinski definition) is 4. The minimum Gasteiger partial charge on any atom is -0.326 e. The van der Waals surface area contributed by atoms with Crippen LogP contribution in [-0.4, -0.2) is 20.2 Å². The van der Waals surface area contributed by atoms with E-state index in [1.54, 1.807) is 39.0 Å². The molecular formula is C24H24FN3O4S. The molecule has 3 rings (SSSR count). The van der Waals surface area contributed by atoms with Crippen molar-refractivity contribution in [2.45, 2.75) is 25.7 Å². The second-order valence-corrected chi connectivity index (χ2v) is 9.42. The van der Waals surface area contributed by atoms with Crippen molar-refractivity contribution in [3.63, 3.8) is 0 Å². The molecular weight excluding hydrogens is 445 g/mol. The van der Waals surface area contributed by atoms with E-state index >= 15 is 0 Å². The summed E-state index contributed by atoms with van der Waals surface area (Å²) in [7, 11) is -4.12. The Balaban J connectivity index is 1.81. The van der Waals surface area contributed by atoms with Crippen molar-refractivity contribution < 1.29 is 22.4 Å². The molecule has 0 aliphatic rings. The number of para-hydroxylation sites is 1. The van der Waals surface area contributed by atoms with Crippen LogP contribution in [0.2, 0.25) is 0 Å². The first-order valence-corrected chi connectivity index (χ1v) is 11.7. The van der Waals surface area contributed by atoms with E-state index in [-0.39, 0.29) is 28.0 Å². The molecule has 0 aliphatic heterocycles. The van der Waals surface area contributed by atoms with E-state index in [0.29, 0.717) is 11.4 Å². The third kappa shape index (κ3) is 5.95. The fourth-order valence-corrected chi connectivity index (χ4v) is 3.98. The van der Waals surface area contributed by atoms with Crippen molar-refractivity contribution in [1.29, 1.82) is 0 Å². The molecule has 0 aliphatic carbocycles. The number of sulfonamides is 1. The standard InChI is InChI=1S/C24H24FN3O4S/c1-15(2)23(29)26-18-12-11-16(3)22(14-18)27-24(30)17-7-6-8-19(13-17)33(31,32)28-21-10-5-4-9-20(21)25/h4-15,28H,1-3H3,(H,26,29)(H,27,30). The van der Waals surface area contributed by atoms with Crippen molar-refractivity contribution in [3.8, 4) is 0 Å². The minimum atomic E-state index is -4.12. The molecule has 0 saturated heterocycles. The monoisotopic (exact) mass is 469 g/mol. The largest absolute Gasteiger partial charge is 0.326 e. The number of amides is 2. The van der Waals surface area contributed by atoms with E-state index in [0.717, 1.165) is 11.6 Å². The van der Waals surface area contributed by atoms with Gasteiger partial charge in [-0.1, -0.05) is 38.1 Å². The van der Waals surface area contributed by atoms with E-state index in [1.165, 1.54) is 42.5 Å². The zero-order chi connectivity index (χ0) is 24.2. The summed E-state index contributed by atoms with van der Waals surface area (Å²) in [6.45, 7) is 5.34. The molecule has 0 spiro atoms. The van der Waals surface area contributed by atoms with Gasteiger partial charge in [0.25, 0.3) is 15.9 Å². The number of benzene rings is 3.